The highest BCUT2D eigenvalue weighted by molar-refractivity contribution is 9.10. The Balaban J connectivity index is 2.43. The van der Waals surface area contributed by atoms with Crippen molar-refractivity contribution in [1.29, 1.82) is 0 Å². The van der Waals surface area contributed by atoms with Crippen LogP contribution in [0.25, 0.3) is 0 Å². The summed E-state index contributed by atoms with van der Waals surface area (Å²) in [7, 11) is 2.07. The Labute approximate surface area is 116 Å². The second-order valence-electron chi connectivity index (χ2n) is 5.08. The molecule has 0 spiro atoms. The van der Waals surface area contributed by atoms with E-state index in [1.807, 2.05) is 6.92 Å². The predicted molar refractivity (Wildman–Crippen MR) is 74.7 cm³/mol. The average Bonchev–Trinajstić information content (AvgIpc) is 2.68. The Morgan fingerprint density at radius 1 is 1.50 bits per heavy atom. The Morgan fingerprint density at radius 3 is 2.72 bits per heavy atom. The van der Waals surface area contributed by atoms with Gasteiger partial charge in [0.2, 0.25) is 0 Å². The Kier molecular flexibility index (Phi) is 3.84. The molecule has 1 heterocycles. The van der Waals surface area contributed by atoms with E-state index < -0.39 is 0 Å². The number of likely N-dealkylation sites (tertiary alicyclic amines) is 1. The van der Waals surface area contributed by atoms with Gasteiger partial charge in [0.05, 0.1) is 4.47 Å². The van der Waals surface area contributed by atoms with E-state index in [1.165, 1.54) is 0 Å². The van der Waals surface area contributed by atoms with Gasteiger partial charge in [-0.3, -0.25) is 4.90 Å². The maximum atomic E-state index is 9.84. The van der Waals surface area contributed by atoms with Gasteiger partial charge in [-0.05, 0) is 66.0 Å². The van der Waals surface area contributed by atoms with Crippen LogP contribution in [0.15, 0.2) is 10.5 Å². The first kappa shape index (κ1) is 13.6. The molecule has 1 aromatic carbocycles. The average molecular weight is 315 g/mol. The standard InChI is InChI=1S/C13H19BrN2O2/c1-7-3-10(17)13(18)12(14)11(7)9-4-8(5-15)6-16(9)2/h3,8-9,17-18H,4-6,15H2,1-2H3. The molecule has 1 aliphatic heterocycles. The second-order valence-corrected chi connectivity index (χ2v) is 5.87. The van der Waals surface area contributed by atoms with E-state index >= 15 is 0 Å². The third-order valence-electron chi connectivity index (χ3n) is 3.77. The number of nitrogens with zero attached hydrogens (tertiary/aromatic N) is 1. The van der Waals surface area contributed by atoms with Crippen molar-refractivity contribution in [2.45, 2.75) is 19.4 Å². The van der Waals surface area contributed by atoms with Gasteiger partial charge in [-0.1, -0.05) is 0 Å². The number of phenolic OH excluding ortho intramolecular Hbond substituents is 2. The number of aromatic hydroxyl groups is 2. The number of nitrogens with two attached hydrogens (primary N) is 1. The van der Waals surface area contributed by atoms with Crippen molar-refractivity contribution in [2.75, 3.05) is 20.1 Å². The van der Waals surface area contributed by atoms with Crippen molar-refractivity contribution in [2.24, 2.45) is 11.7 Å². The van der Waals surface area contributed by atoms with E-state index in [0.29, 0.717) is 16.9 Å². The van der Waals surface area contributed by atoms with Crippen molar-refractivity contribution in [3.63, 3.8) is 0 Å². The van der Waals surface area contributed by atoms with Crippen LogP contribution in [0.5, 0.6) is 11.5 Å². The van der Waals surface area contributed by atoms with Gasteiger partial charge in [-0.2, -0.15) is 0 Å². The maximum Gasteiger partial charge on any atom is 0.172 e. The molecule has 0 bridgehead atoms. The molecule has 1 fully saturated rings. The molecule has 4 nitrogen and oxygen atoms in total. The van der Waals surface area contributed by atoms with Crippen molar-refractivity contribution in [3.05, 3.63) is 21.7 Å². The van der Waals surface area contributed by atoms with Gasteiger partial charge < -0.3 is 15.9 Å². The minimum atomic E-state index is -0.0841. The van der Waals surface area contributed by atoms with Crippen LogP contribution >= 0.6 is 15.9 Å². The molecule has 1 aromatic rings. The number of aryl methyl sites for hydroxylation is 1. The minimum Gasteiger partial charge on any atom is -0.504 e. The summed E-state index contributed by atoms with van der Waals surface area (Å²) in [5.74, 6) is 0.321. The van der Waals surface area contributed by atoms with Gasteiger partial charge in [-0.25, -0.2) is 0 Å². The topological polar surface area (TPSA) is 69.7 Å². The van der Waals surface area contributed by atoms with E-state index in [0.717, 1.165) is 24.1 Å². The predicted octanol–water partition coefficient (Wildman–Crippen LogP) is 2.12. The molecular weight excluding hydrogens is 296 g/mol. The lowest BCUT2D eigenvalue weighted by molar-refractivity contribution is 0.310. The lowest BCUT2D eigenvalue weighted by Crippen LogP contribution is -2.21. The minimum absolute atomic E-state index is 0.0831. The third kappa shape index (κ3) is 2.22. The number of rotatable bonds is 2. The van der Waals surface area contributed by atoms with Gasteiger partial charge in [0.1, 0.15) is 0 Å². The number of benzene rings is 1. The Bertz CT molecular complexity index is 465. The zero-order valence-corrected chi connectivity index (χ0v) is 12.2. The van der Waals surface area contributed by atoms with Crippen LogP contribution in [0.4, 0.5) is 0 Å². The molecule has 2 unspecified atom stereocenters. The Morgan fingerprint density at radius 2 is 2.17 bits per heavy atom. The normalized spacial score (nSPS) is 24.7. The van der Waals surface area contributed by atoms with Crippen LogP contribution in [-0.4, -0.2) is 35.3 Å². The SMILES string of the molecule is Cc1cc(O)c(O)c(Br)c1C1CC(CN)CN1C. The molecule has 18 heavy (non-hydrogen) atoms. The first-order valence-electron chi connectivity index (χ1n) is 6.07. The summed E-state index contributed by atoms with van der Waals surface area (Å²) in [6.45, 7) is 3.60. The zero-order valence-electron chi connectivity index (χ0n) is 10.7. The number of halogens is 1. The fourth-order valence-electron chi connectivity index (χ4n) is 2.79. The molecular formula is C13H19BrN2O2. The summed E-state index contributed by atoms with van der Waals surface area (Å²) in [6.07, 6.45) is 0.983. The molecule has 0 radical (unpaired) electrons. The van der Waals surface area contributed by atoms with Gasteiger partial charge in [-0.15, -0.1) is 0 Å². The zero-order chi connectivity index (χ0) is 13.4. The fourth-order valence-corrected chi connectivity index (χ4v) is 3.57. The summed E-state index contributed by atoms with van der Waals surface area (Å²) in [4.78, 5) is 2.25. The smallest absolute Gasteiger partial charge is 0.172 e. The number of hydrogen-bond acceptors (Lipinski definition) is 4. The van der Waals surface area contributed by atoms with E-state index in [2.05, 4.69) is 27.9 Å². The molecule has 1 aliphatic rings. The highest BCUT2D eigenvalue weighted by atomic mass is 79.9. The number of hydrogen-bond donors (Lipinski definition) is 3. The van der Waals surface area contributed by atoms with Crippen LogP contribution < -0.4 is 5.73 Å². The van der Waals surface area contributed by atoms with Crippen molar-refractivity contribution in [1.82, 2.24) is 4.90 Å². The van der Waals surface area contributed by atoms with E-state index in [4.69, 9.17) is 5.73 Å². The van der Waals surface area contributed by atoms with E-state index in [9.17, 15) is 10.2 Å². The lowest BCUT2D eigenvalue weighted by atomic mass is 9.96. The van der Waals surface area contributed by atoms with Crippen molar-refractivity contribution in [3.8, 4) is 11.5 Å². The third-order valence-corrected chi connectivity index (χ3v) is 4.57. The van der Waals surface area contributed by atoms with Crippen LogP contribution in [-0.2, 0) is 0 Å². The molecule has 4 N–H and O–H groups in total. The maximum absolute atomic E-state index is 9.84. The lowest BCUT2D eigenvalue weighted by Gasteiger charge is -2.23. The van der Waals surface area contributed by atoms with Crippen LogP contribution in [0.1, 0.15) is 23.6 Å². The van der Waals surface area contributed by atoms with Crippen LogP contribution in [0.3, 0.4) is 0 Å². The summed E-state index contributed by atoms with van der Waals surface area (Å²) < 4.78 is 0.592. The largest absolute Gasteiger partial charge is 0.504 e. The summed E-state index contributed by atoms with van der Waals surface area (Å²) in [5.41, 5.74) is 7.76. The molecule has 0 aliphatic carbocycles. The molecule has 100 valence electrons. The fraction of sp³-hybridized carbons (Fsp3) is 0.538. The van der Waals surface area contributed by atoms with Gasteiger partial charge >= 0.3 is 0 Å². The highest BCUT2D eigenvalue weighted by Crippen LogP contribution is 2.45. The van der Waals surface area contributed by atoms with Crippen molar-refractivity contribution >= 4 is 15.9 Å². The van der Waals surface area contributed by atoms with E-state index in [1.54, 1.807) is 6.07 Å². The first-order chi connectivity index (χ1) is 8.45. The van der Waals surface area contributed by atoms with Gasteiger partial charge in [0.15, 0.2) is 11.5 Å². The number of phenols is 2. The molecule has 5 heteroatoms. The molecule has 1 saturated heterocycles. The molecule has 0 amide bonds. The van der Waals surface area contributed by atoms with Crippen LogP contribution in [0.2, 0.25) is 0 Å². The van der Waals surface area contributed by atoms with Crippen LogP contribution in [0, 0.1) is 12.8 Å². The van der Waals surface area contributed by atoms with Crippen molar-refractivity contribution < 1.29 is 10.2 Å². The molecule has 2 rings (SSSR count). The first-order valence-corrected chi connectivity index (χ1v) is 6.86. The quantitative estimate of drug-likeness (QED) is 0.731. The molecule has 2 atom stereocenters. The Hall–Kier alpha value is -0.780. The molecule has 0 aromatic heterocycles. The van der Waals surface area contributed by atoms with Gasteiger partial charge in [0, 0.05) is 12.6 Å². The van der Waals surface area contributed by atoms with E-state index in [-0.39, 0.29) is 17.5 Å². The summed E-state index contributed by atoms with van der Waals surface area (Å²) in [6, 6.07) is 1.85. The monoisotopic (exact) mass is 314 g/mol. The summed E-state index contributed by atoms with van der Waals surface area (Å²) >= 11 is 3.39. The highest BCUT2D eigenvalue weighted by Gasteiger charge is 2.33. The van der Waals surface area contributed by atoms with Gasteiger partial charge in [0.25, 0.3) is 0 Å². The summed E-state index contributed by atoms with van der Waals surface area (Å²) in [5, 5.41) is 19.4. The second kappa shape index (κ2) is 5.07. The molecule has 0 saturated carbocycles.